The summed E-state index contributed by atoms with van der Waals surface area (Å²) in [4.78, 5) is 2.26. The second kappa shape index (κ2) is 9.70. The van der Waals surface area contributed by atoms with E-state index in [0.29, 0.717) is 0 Å². The predicted molar refractivity (Wildman–Crippen MR) is 143 cm³/mol. The zero-order valence-corrected chi connectivity index (χ0v) is 21.1. The molecule has 1 aliphatic rings. The average Bonchev–Trinajstić information content (AvgIpc) is 2.98. The van der Waals surface area contributed by atoms with Crippen molar-refractivity contribution in [3.8, 4) is 5.75 Å². The Morgan fingerprint density at radius 3 is 2.36 bits per heavy atom. The monoisotopic (exact) mass is 439 g/mol. The molecular formula is C31H37NO. The van der Waals surface area contributed by atoms with Crippen molar-refractivity contribution in [2.24, 2.45) is 0 Å². The van der Waals surface area contributed by atoms with E-state index in [-0.39, 0.29) is 10.8 Å². The van der Waals surface area contributed by atoms with Crippen molar-refractivity contribution in [1.29, 1.82) is 0 Å². The number of fused-ring (bicyclic) bond motifs is 1. The summed E-state index contributed by atoms with van der Waals surface area (Å²) in [6.07, 6.45) is 14.6. The number of rotatable bonds is 7. The molecule has 2 aromatic rings. The maximum absolute atomic E-state index is 5.43. The van der Waals surface area contributed by atoms with Crippen molar-refractivity contribution in [3.63, 3.8) is 0 Å². The molecule has 0 spiro atoms. The minimum absolute atomic E-state index is 0.0779. The fraction of sp³-hybridized carbons (Fsp3) is 0.290. The van der Waals surface area contributed by atoms with E-state index < -0.39 is 0 Å². The molecule has 0 unspecified atom stereocenters. The molecule has 0 aliphatic carbocycles. The Labute approximate surface area is 200 Å². The van der Waals surface area contributed by atoms with Gasteiger partial charge in [0.2, 0.25) is 0 Å². The predicted octanol–water partition coefficient (Wildman–Crippen LogP) is 7.82. The zero-order chi connectivity index (χ0) is 24.2. The molecule has 1 aliphatic heterocycles. The van der Waals surface area contributed by atoms with Gasteiger partial charge >= 0.3 is 0 Å². The summed E-state index contributed by atoms with van der Waals surface area (Å²) in [7, 11) is 3.84. The topological polar surface area (TPSA) is 12.5 Å². The molecule has 0 N–H and O–H groups in total. The van der Waals surface area contributed by atoms with E-state index >= 15 is 0 Å². The zero-order valence-electron chi connectivity index (χ0n) is 21.1. The van der Waals surface area contributed by atoms with Crippen LogP contribution in [0.15, 0.2) is 103 Å². The van der Waals surface area contributed by atoms with Gasteiger partial charge in [0.25, 0.3) is 0 Å². The highest BCUT2D eigenvalue weighted by Gasteiger charge is 2.38. The van der Waals surface area contributed by atoms with Gasteiger partial charge < -0.3 is 9.64 Å². The van der Waals surface area contributed by atoms with Crippen molar-refractivity contribution < 1.29 is 4.74 Å². The highest BCUT2D eigenvalue weighted by molar-refractivity contribution is 5.71. The third-order valence-corrected chi connectivity index (χ3v) is 6.86. The number of hydrogen-bond acceptors (Lipinski definition) is 2. The van der Waals surface area contributed by atoms with Crippen LogP contribution < -0.4 is 9.64 Å². The van der Waals surface area contributed by atoms with Crippen LogP contribution in [0.2, 0.25) is 0 Å². The summed E-state index contributed by atoms with van der Waals surface area (Å²) in [5.74, 6) is 0.897. The van der Waals surface area contributed by atoms with Crippen molar-refractivity contribution in [1.82, 2.24) is 0 Å². The van der Waals surface area contributed by atoms with Crippen LogP contribution in [0.5, 0.6) is 5.75 Å². The molecular weight excluding hydrogens is 402 g/mol. The van der Waals surface area contributed by atoms with Gasteiger partial charge in [-0.25, -0.2) is 0 Å². The number of aryl methyl sites for hydroxylation is 1. The Morgan fingerprint density at radius 2 is 1.67 bits per heavy atom. The number of hydrogen-bond donors (Lipinski definition) is 0. The number of benzene rings is 2. The SMILES string of the molecule is C=C(/C=C/C=C/C=C/C=C1/N(C)c2ccc(OC)cc2C1(C)C)C(C)(C)c1ccccc1C. The summed E-state index contributed by atoms with van der Waals surface area (Å²) in [6, 6.07) is 14.8. The van der Waals surface area contributed by atoms with Crippen LogP contribution in [0.4, 0.5) is 5.69 Å². The van der Waals surface area contributed by atoms with E-state index in [2.05, 4.69) is 132 Å². The van der Waals surface area contributed by atoms with Crippen LogP contribution >= 0.6 is 0 Å². The fourth-order valence-electron chi connectivity index (χ4n) is 4.61. The molecule has 0 bridgehead atoms. The minimum Gasteiger partial charge on any atom is -0.497 e. The van der Waals surface area contributed by atoms with Crippen LogP contribution in [-0.4, -0.2) is 14.2 Å². The Morgan fingerprint density at radius 1 is 1.00 bits per heavy atom. The van der Waals surface area contributed by atoms with Crippen molar-refractivity contribution >= 4 is 5.69 Å². The van der Waals surface area contributed by atoms with Crippen LogP contribution in [-0.2, 0) is 10.8 Å². The van der Waals surface area contributed by atoms with Crippen LogP contribution in [0.1, 0.15) is 44.4 Å². The summed E-state index contributed by atoms with van der Waals surface area (Å²) < 4.78 is 5.43. The molecule has 2 aromatic carbocycles. The molecule has 0 fully saturated rings. The van der Waals surface area contributed by atoms with Gasteiger partial charge in [-0.05, 0) is 53.5 Å². The van der Waals surface area contributed by atoms with E-state index in [9.17, 15) is 0 Å². The summed E-state index contributed by atoms with van der Waals surface area (Å²) in [5, 5.41) is 0. The Balaban J connectivity index is 1.67. The summed E-state index contributed by atoms with van der Waals surface area (Å²) in [5.41, 5.74) is 7.30. The lowest BCUT2D eigenvalue weighted by Crippen LogP contribution is -2.22. The normalized spacial score (nSPS) is 16.9. The lowest BCUT2D eigenvalue weighted by Gasteiger charge is -2.28. The van der Waals surface area contributed by atoms with E-state index in [0.717, 1.165) is 11.3 Å². The second-order valence-corrected chi connectivity index (χ2v) is 9.71. The lowest BCUT2D eigenvalue weighted by atomic mass is 9.76. The number of allylic oxidation sites excluding steroid dienone is 9. The van der Waals surface area contributed by atoms with Gasteiger partial charge in [-0.2, -0.15) is 0 Å². The van der Waals surface area contributed by atoms with Gasteiger partial charge in [0.1, 0.15) is 5.75 Å². The quantitative estimate of drug-likeness (QED) is 0.408. The van der Waals surface area contributed by atoms with Crippen LogP contribution in [0, 0.1) is 6.92 Å². The van der Waals surface area contributed by atoms with Gasteiger partial charge in [-0.3, -0.25) is 0 Å². The van der Waals surface area contributed by atoms with E-state index in [4.69, 9.17) is 4.74 Å². The molecule has 3 rings (SSSR count). The minimum atomic E-state index is -0.105. The first-order valence-corrected chi connectivity index (χ1v) is 11.5. The molecule has 0 atom stereocenters. The second-order valence-electron chi connectivity index (χ2n) is 9.71. The lowest BCUT2D eigenvalue weighted by molar-refractivity contribution is 0.413. The highest BCUT2D eigenvalue weighted by Crippen LogP contribution is 2.48. The maximum atomic E-state index is 5.43. The molecule has 0 aromatic heterocycles. The molecule has 0 radical (unpaired) electrons. The molecule has 0 amide bonds. The fourth-order valence-corrected chi connectivity index (χ4v) is 4.61. The molecule has 172 valence electrons. The Hall–Kier alpha value is -3.26. The largest absolute Gasteiger partial charge is 0.497 e. The van der Waals surface area contributed by atoms with Crippen LogP contribution in [0.25, 0.3) is 0 Å². The van der Waals surface area contributed by atoms with Crippen molar-refractivity contribution in [2.75, 3.05) is 19.1 Å². The standard InChI is InChI=1S/C31H37NO/c1-23-16-14-15-18-26(23)30(3,4)24(2)17-12-10-9-11-13-19-29-31(5,6)27-22-25(33-8)20-21-28(27)32(29)7/h9-22H,2H2,1,3-8H3/b10-9+,13-11+,17-12+,29-19+. The van der Waals surface area contributed by atoms with Gasteiger partial charge in [-0.15, -0.1) is 0 Å². The van der Waals surface area contributed by atoms with Gasteiger partial charge in [0.05, 0.1) is 7.11 Å². The molecule has 0 saturated heterocycles. The van der Waals surface area contributed by atoms with Crippen molar-refractivity contribution in [3.05, 3.63) is 120 Å². The molecule has 33 heavy (non-hydrogen) atoms. The molecule has 2 heteroatoms. The van der Waals surface area contributed by atoms with Gasteiger partial charge in [0, 0.05) is 29.3 Å². The third kappa shape index (κ3) is 4.90. The highest BCUT2D eigenvalue weighted by atomic mass is 16.5. The molecule has 1 heterocycles. The number of methoxy groups -OCH3 is 1. The van der Waals surface area contributed by atoms with E-state index in [1.807, 2.05) is 6.07 Å². The number of ether oxygens (including phenoxy) is 1. The van der Waals surface area contributed by atoms with E-state index in [1.54, 1.807) is 7.11 Å². The maximum Gasteiger partial charge on any atom is 0.119 e. The third-order valence-electron chi connectivity index (χ3n) is 6.86. The van der Waals surface area contributed by atoms with Crippen molar-refractivity contribution in [2.45, 2.75) is 45.4 Å². The Bertz CT molecular complexity index is 1140. The average molecular weight is 440 g/mol. The first kappa shape index (κ1) is 24.4. The molecule has 0 saturated carbocycles. The van der Waals surface area contributed by atoms with E-state index in [1.165, 1.54) is 28.1 Å². The first-order chi connectivity index (χ1) is 15.6. The number of nitrogens with zero attached hydrogens (tertiary/aromatic N) is 1. The van der Waals surface area contributed by atoms with Gasteiger partial charge in [0.15, 0.2) is 0 Å². The summed E-state index contributed by atoms with van der Waals surface area (Å²) >= 11 is 0. The smallest absolute Gasteiger partial charge is 0.119 e. The Kier molecular flexibility index (Phi) is 7.17. The molecule has 2 nitrogen and oxygen atoms in total. The van der Waals surface area contributed by atoms with Crippen LogP contribution in [0.3, 0.4) is 0 Å². The number of likely N-dealkylation sites (N-methyl/N-ethyl adjacent to an activating group) is 1. The first-order valence-electron chi connectivity index (χ1n) is 11.5. The summed E-state index contributed by atoms with van der Waals surface area (Å²) in [6.45, 7) is 15.5. The number of anilines is 1. The van der Waals surface area contributed by atoms with Gasteiger partial charge in [-0.1, -0.05) is 95.0 Å².